The van der Waals surface area contributed by atoms with Crippen LogP contribution >= 0.6 is 0 Å². The van der Waals surface area contributed by atoms with Crippen molar-refractivity contribution in [1.29, 1.82) is 0 Å². The smallest absolute Gasteiger partial charge is 0.414 e. The Bertz CT molecular complexity index is 996. The summed E-state index contributed by atoms with van der Waals surface area (Å²) in [6, 6.07) is 14.1. The lowest BCUT2D eigenvalue weighted by molar-refractivity contribution is -0.384. The van der Waals surface area contributed by atoms with Crippen LogP contribution in [0.4, 0.5) is 21.9 Å². The van der Waals surface area contributed by atoms with Gasteiger partial charge in [-0.2, -0.15) is 0 Å². The first-order valence-electron chi connectivity index (χ1n) is 8.44. The molecule has 0 N–H and O–H groups in total. The SMILES string of the molecule is CN(Cc1cc2ccccc2o1)c1ccc([N+](=O)[O-])cc1N1CCOC1=O. The Morgan fingerprint density at radius 2 is 2.04 bits per heavy atom. The molecule has 0 saturated carbocycles. The number of non-ortho nitro benzene ring substituents is 1. The molecule has 1 amide bonds. The van der Waals surface area contributed by atoms with Gasteiger partial charge in [-0.15, -0.1) is 0 Å². The zero-order valence-corrected chi connectivity index (χ0v) is 14.6. The number of para-hydroxylation sites is 1. The summed E-state index contributed by atoms with van der Waals surface area (Å²) in [6.07, 6.45) is -0.506. The van der Waals surface area contributed by atoms with Crippen LogP contribution in [0.25, 0.3) is 11.0 Å². The van der Waals surface area contributed by atoms with E-state index >= 15 is 0 Å². The third-order valence-electron chi connectivity index (χ3n) is 4.50. The Hall–Kier alpha value is -3.55. The zero-order valence-electron chi connectivity index (χ0n) is 14.6. The molecular weight excluding hydrogens is 350 g/mol. The summed E-state index contributed by atoms with van der Waals surface area (Å²) >= 11 is 0. The van der Waals surface area contributed by atoms with Crippen LogP contribution < -0.4 is 9.80 Å². The predicted molar refractivity (Wildman–Crippen MR) is 100 cm³/mol. The van der Waals surface area contributed by atoms with Crippen molar-refractivity contribution < 1.29 is 18.9 Å². The highest BCUT2D eigenvalue weighted by atomic mass is 16.6. The maximum atomic E-state index is 12.0. The largest absolute Gasteiger partial charge is 0.459 e. The van der Waals surface area contributed by atoms with Gasteiger partial charge in [0.15, 0.2) is 0 Å². The van der Waals surface area contributed by atoms with E-state index in [-0.39, 0.29) is 12.3 Å². The minimum Gasteiger partial charge on any atom is -0.459 e. The van der Waals surface area contributed by atoms with Crippen molar-refractivity contribution in [3.63, 3.8) is 0 Å². The number of amides is 1. The van der Waals surface area contributed by atoms with E-state index in [1.54, 1.807) is 6.07 Å². The molecule has 1 aliphatic rings. The molecule has 8 heteroatoms. The van der Waals surface area contributed by atoms with Crippen molar-refractivity contribution in [2.24, 2.45) is 0 Å². The molecule has 8 nitrogen and oxygen atoms in total. The first-order chi connectivity index (χ1) is 13.0. The van der Waals surface area contributed by atoms with E-state index in [1.807, 2.05) is 42.3 Å². The average molecular weight is 367 g/mol. The first-order valence-corrected chi connectivity index (χ1v) is 8.44. The zero-order chi connectivity index (χ0) is 19.0. The van der Waals surface area contributed by atoms with Gasteiger partial charge < -0.3 is 14.1 Å². The second kappa shape index (κ2) is 6.64. The van der Waals surface area contributed by atoms with E-state index in [0.29, 0.717) is 24.5 Å². The number of ether oxygens (including phenoxy) is 1. The molecule has 0 bridgehead atoms. The van der Waals surface area contributed by atoms with E-state index < -0.39 is 11.0 Å². The van der Waals surface area contributed by atoms with Crippen LogP contribution in [0.15, 0.2) is 52.9 Å². The molecule has 1 fully saturated rings. The fourth-order valence-corrected chi connectivity index (χ4v) is 3.21. The van der Waals surface area contributed by atoms with Gasteiger partial charge in [-0.05, 0) is 18.2 Å². The van der Waals surface area contributed by atoms with Crippen LogP contribution in [-0.4, -0.2) is 31.2 Å². The van der Waals surface area contributed by atoms with Crippen LogP contribution in [0.5, 0.6) is 0 Å². The monoisotopic (exact) mass is 367 g/mol. The van der Waals surface area contributed by atoms with Crippen molar-refractivity contribution in [1.82, 2.24) is 0 Å². The average Bonchev–Trinajstić information content (AvgIpc) is 3.26. The highest BCUT2D eigenvalue weighted by molar-refractivity contribution is 5.94. The number of carbonyl (C=O) groups excluding carboxylic acids is 1. The number of rotatable bonds is 5. The third kappa shape index (κ3) is 3.17. The van der Waals surface area contributed by atoms with Crippen LogP contribution in [0.2, 0.25) is 0 Å². The number of carbonyl (C=O) groups is 1. The highest BCUT2D eigenvalue weighted by Gasteiger charge is 2.28. The Labute approximate surface area is 154 Å². The Balaban J connectivity index is 1.68. The minimum absolute atomic E-state index is 0.0782. The standard InChI is InChI=1S/C19H17N3O5/c1-20(12-15-10-13-4-2-3-5-18(13)27-15)16-7-6-14(22(24)25)11-17(16)21-8-9-26-19(21)23/h2-7,10-11H,8-9,12H2,1H3. The Morgan fingerprint density at radius 1 is 1.22 bits per heavy atom. The van der Waals surface area contributed by atoms with Gasteiger partial charge in [0, 0.05) is 24.6 Å². The van der Waals surface area contributed by atoms with Gasteiger partial charge >= 0.3 is 6.09 Å². The van der Waals surface area contributed by atoms with Gasteiger partial charge in [0.25, 0.3) is 5.69 Å². The molecule has 2 aromatic carbocycles. The number of nitrogens with zero attached hydrogens (tertiary/aromatic N) is 3. The topological polar surface area (TPSA) is 89.1 Å². The van der Waals surface area contributed by atoms with Gasteiger partial charge in [-0.3, -0.25) is 15.0 Å². The van der Waals surface area contributed by atoms with Gasteiger partial charge in [0.1, 0.15) is 18.0 Å². The van der Waals surface area contributed by atoms with Gasteiger partial charge in [0.2, 0.25) is 0 Å². The fraction of sp³-hybridized carbons (Fsp3) is 0.211. The summed E-state index contributed by atoms with van der Waals surface area (Å²) in [5.74, 6) is 0.756. The lowest BCUT2D eigenvalue weighted by Crippen LogP contribution is -2.27. The number of hydrogen-bond acceptors (Lipinski definition) is 6. The molecule has 0 aliphatic carbocycles. The summed E-state index contributed by atoms with van der Waals surface area (Å²) in [5.41, 5.74) is 1.85. The molecule has 1 saturated heterocycles. The minimum atomic E-state index is -0.506. The van der Waals surface area contributed by atoms with Crippen LogP contribution in [0.3, 0.4) is 0 Å². The van der Waals surface area contributed by atoms with Crippen molar-refractivity contribution in [3.05, 3.63) is 64.4 Å². The number of nitro benzene ring substituents is 1. The van der Waals surface area contributed by atoms with Crippen molar-refractivity contribution >= 4 is 34.1 Å². The van der Waals surface area contributed by atoms with Gasteiger partial charge in [-0.1, -0.05) is 18.2 Å². The summed E-state index contributed by atoms with van der Waals surface area (Å²) < 4.78 is 10.8. The highest BCUT2D eigenvalue weighted by Crippen LogP contribution is 2.35. The molecule has 0 spiro atoms. The van der Waals surface area contributed by atoms with E-state index in [4.69, 9.17) is 9.15 Å². The number of fused-ring (bicyclic) bond motifs is 1. The van der Waals surface area contributed by atoms with Crippen molar-refractivity contribution in [3.8, 4) is 0 Å². The number of anilines is 2. The molecule has 1 aliphatic heterocycles. The molecule has 0 atom stereocenters. The van der Waals surface area contributed by atoms with Crippen molar-refractivity contribution in [2.75, 3.05) is 30.0 Å². The summed E-state index contributed by atoms with van der Waals surface area (Å²) in [7, 11) is 1.85. The normalized spacial score (nSPS) is 13.8. The van der Waals surface area contributed by atoms with Crippen LogP contribution in [-0.2, 0) is 11.3 Å². The molecule has 0 radical (unpaired) electrons. The third-order valence-corrected chi connectivity index (χ3v) is 4.50. The van der Waals surface area contributed by atoms with Crippen LogP contribution in [0, 0.1) is 10.1 Å². The summed E-state index contributed by atoms with van der Waals surface area (Å²) in [6.45, 7) is 1.06. The second-order valence-electron chi connectivity index (χ2n) is 6.30. The molecule has 1 aromatic heterocycles. The predicted octanol–water partition coefficient (Wildman–Crippen LogP) is 3.93. The number of benzene rings is 2. The van der Waals surface area contributed by atoms with Crippen LogP contribution in [0.1, 0.15) is 5.76 Å². The van der Waals surface area contributed by atoms with E-state index in [0.717, 1.165) is 16.7 Å². The Kier molecular flexibility index (Phi) is 4.15. The fourth-order valence-electron chi connectivity index (χ4n) is 3.21. The van der Waals surface area contributed by atoms with E-state index in [1.165, 1.54) is 17.0 Å². The van der Waals surface area contributed by atoms with Crippen molar-refractivity contribution in [2.45, 2.75) is 6.54 Å². The molecule has 3 aromatic rings. The summed E-state index contributed by atoms with van der Waals surface area (Å²) in [5, 5.41) is 12.2. The molecular formula is C19H17N3O5. The molecule has 27 heavy (non-hydrogen) atoms. The molecule has 0 unspecified atom stereocenters. The Morgan fingerprint density at radius 3 is 2.74 bits per heavy atom. The lowest BCUT2D eigenvalue weighted by atomic mass is 10.2. The molecule has 138 valence electrons. The molecule has 2 heterocycles. The maximum absolute atomic E-state index is 12.0. The lowest BCUT2D eigenvalue weighted by Gasteiger charge is -2.24. The summed E-state index contributed by atoms with van der Waals surface area (Å²) in [4.78, 5) is 26.0. The quantitative estimate of drug-likeness (QED) is 0.501. The second-order valence-corrected chi connectivity index (χ2v) is 6.30. The molecule has 4 rings (SSSR count). The van der Waals surface area contributed by atoms with Gasteiger partial charge in [0.05, 0.1) is 29.4 Å². The number of cyclic esters (lactones) is 1. The number of nitro groups is 1. The van der Waals surface area contributed by atoms with E-state index in [2.05, 4.69) is 0 Å². The maximum Gasteiger partial charge on any atom is 0.414 e. The van der Waals surface area contributed by atoms with Gasteiger partial charge in [-0.25, -0.2) is 4.79 Å². The first kappa shape index (κ1) is 16.9. The number of hydrogen-bond donors (Lipinski definition) is 0. The van der Waals surface area contributed by atoms with E-state index in [9.17, 15) is 14.9 Å². The number of furan rings is 1.